The molecule has 1 aliphatic heterocycles. The SMILES string of the molecule is O=C(Cc1c(F)cccc1Cl)N1CCN(Cc2ccccc2)CCCN(C(=O)C2CC2)c2cc(Cl)ccc2C1. The third-order valence-electron chi connectivity index (χ3n) is 7.43. The summed E-state index contributed by atoms with van der Waals surface area (Å²) in [6.45, 7) is 3.46. The quantitative estimate of drug-likeness (QED) is 0.360. The number of carbonyl (C=O) groups is 2. The van der Waals surface area contributed by atoms with Gasteiger partial charge in [-0.2, -0.15) is 0 Å². The zero-order valence-electron chi connectivity index (χ0n) is 21.8. The molecule has 204 valence electrons. The van der Waals surface area contributed by atoms with Gasteiger partial charge in [0.25, 0.3) is 0 Å². The van der Waals surface area contributed by atoms with E-state index in [1.165, 1.54) is 17.7 Å². The molecule has 8 heteroatoms. The third kappa shape index (κ3) is 6.99. The number of nitrogens with zero attached hydrogens (tertiary/aromatic N) is 3. The maximum atomic E-state index is 14.6. The van der Waals surface area contributed by atoms with Crippen molar-refractivity contribution >= 4 is 40.7 Å². The lowest BCUT2D eigenvalue weighted by Crippen LogP contribution is -2.39. The predicted molar refractivity (Wildman–Crippen MR) is 153 cm³/mol. The molecule has 2 aliphatic rings. The molecule has 5 nitrogen and oxygen atoms in total. The molecule has 0 unspecified atom stereocenters. The first-order valence-electron chi connectivity index (χ1n) is 13.5. The average Bonchev–Trinajstić information content (AvgIpc) is 3.77. The van der Waals surface area contributed by atoms with Crippen LogP contribution >= 0.6 is 23.2 Å². The molecular formula is C31H32Cl2FN3O2. The van der Waals surface area contributed by atoms with Gasteiger partial charge in [0.1, 0.15) is 5.82 Å². The molecule has 0 radical (unpaired) electrons. The number of halogens is 3. The van der Waals surface area contributed by atoms with Crippen LogP contribution in [0, 0.1) is 11.7 Å². The Morgan fingerprint density at radius 3 is 2.44 bits per heavy atom. The van der Waals surface area contributed by atoms with Gasteiger partial charge < -0.3 is 9.80 Å². The van der Waals surface area contributed by atoms with Gasteiger partial charge in [-0.3, -0.25) is 14.5 Å². The summed E-state index contributed by atoms with van der Waals surface area (Å²) in [6, 6.07) is 20.2. The summed E-state index contributed by atoms with van der Waals surface area (Å²) >= 11 is 12.7. The summed E-state index contributed by atoms with van der Waals surface area (Å²) in [5, 5.41) is 0.777. The Morgan fingerprint density at radius 1 is 0.897 bits per heavy atom. The van der Waals surface area contributed by atoms with Gasteiger partial charge in [0.05, 0.1) is 12.1 Å². The molecule has 3 aromatic carbocycles. The molecule has 1 heterocycles. The lowest BCUT2D eigenvalue weighted by molar-refractivity contribution is -0.131. The largest absolute Gasteiger partial charge is 0.337 e. The van der Waals surface area contributed by atoms with Crippen LogP contribution in [0.15, 0.2) is 66.7 Å². The Hall–Kier alpha value is -2.93. The van der Waals surface area contributed by atoms with Crippen molar-refractivity contribution in [2.75, 3.05) is 31.1 Å². The van der Waals surface area contributed by atoms with E-state index in [4.69, 9.17) is 23.2 Å². The van der Waals surface area contributed by atoms with Crippen LogP contribution in [0.3, 0.4) is 0 Å². The smallest absolute Gasteiger partial charge is 0.230 e. The first-order chi connectivity index (χ1) is 18.9. The van der Waals surface area contributed by atoms with Gasteiger partial charge in [0.2, 0.25) is 11.8 Å². The normalized spacial score (nSPS) is 16.9. The molecule has 5 rings (SSSR count). The van der Waals surface area contributed by atoms with Crippen LogP contribution in [0.1, 0.15) is 36.0 Å². The fraction of sp³-hybridized carbons (Fsp3) is 0.355. The van der Waals surface area contributed by atoms with Crippen molar-refractivity contribution in [2.45, 2.75) is 38.8 Å². The number of amides is 2. The monoisotopic (exact) mass is 567 g/mol. The molecule has 0 bridgehead atoms. The lowest BCUT2D eigenvalue weighted by Gasteiger charge is -2.28. The number of anilines is 1. The summed E-state index contributed by atoms with van der Waals surface area (Å²) in [7, 11) is 0. The second-order valence-electron chi connectivity index (χ2n) is 10.3. The van der Waals surface area contributed by atoms with Crippen LogP contribution in [-0.2, 0) is 29.1 Å². The molecule has 0 aromatic heterocycles. The minimum atomic E-state index is -0.493. The van der Waals surface area contributed by atoms with E-state index < -0.39 is 5.82 Å². The van der Waals surface area contributed by atoms with Gasteiger partial charge in [-0.15, -0.1) is 0 Å². The Bertz CT molecular complexity index is 1310. The van der Waals surface area contributed by atoms with E-state index in [1.54, 1.807) is 17.0 Å². The minimum absolute atomic E-state index is 0.0447. The number of benzene rings is 3. The van der Waals surface area contributed by atoms with E-state index in [1.807, 2.05) is 35.2 Å². The molecule has 2 amide bonds. The molecule has 39 heavy (non-hydrogen) atoms. The maximum Gasteiger partial charge on any atom is 0.230 e. The van der Waals surface area contributed by atoms with Gasteiger partial charge in [-0.1, -0.05) is 65.7 Å². The topological polar surface area (TPSA) is 43.9 Å². The van der Waals surface area contributed by atoms with E-state index in [9.17, 15) is 14.0 Å². The molecule has 1 aliphatic carbocycles. The molecular weight excluding hydrogens is 536 g/mol. The Kier molecular flexibility index (Phi) is 8.85. The maximum absolute atomic E-state index is 14.6. The summed E-state index contributed by atoms with van der Waals surface area (Å²) in [6.07, 6.45) is 2.45. The van der Waals surface area contributed by atoms with E-state index >= 15 is 0 Å². The van der Waals surface area contributed by atoms with Crippen LogP contribution in [0.5, 0.6) is 0 Å². The van der Waals surface area contributed by atoms with Crippen LogP contribution in [0.2, 0.25) is 10.0 Å². The number of carbonyl (C=O) groups excluding carboxylic acids is 2. The fourth-order valence-electron chi connectivity index (χ4n) is 5.11. The highest BCUT2D eigenvalue weighted by Crippen LogP contribution is 2.35. The molecule has 0 atom stereocenters. The van der Waals surface area contributed by atoms with Crippen molar-refractivity contribution in [3.05, 3.63) is 99.3 Å². The number of hydrogen-bond donors (Lipinski definition) is 0. The molecule has 0 N–H and O–H groups in total. The molecule has 3 aromatic rings. The zero-order chi connectivity index (χ0) is 27.4. The number of rotatable bonds is 5. The second-order valence-corrected chi connectivity index (χ2v) is 11.2. The van der Waals surface area contributed by atoms with Gasteiger partial charge >= 0.3 is 0 Å². The standard InChI is InChI=1S/C31H32Cl2FN3O2/c32-25-13-12-24-21-36(30(38)19-26-27(33)8-4-9-28(26)34)17-16-35(20-22-6-2-1-3-7-22)14-5-15-37(29(24)18-25)31(39)23-10-11-23/h1-4,6-9,12-13,18,23H,5,10-11,14-17,19-21H2. The highest BCUT2D eigenvalue weighted by Gasteiger charge is 2.35. The van der Waals surface area contributed by atoms with E-state index in [-0.39, 0.29) is 41.3 Å². The van der Waals surface area contributed by atoms with Gasteiger partial charge in [0, 0.05) is 60.8 Å². The van der Waals surface area contributed by atoms with Crippen molar-refractivity contribution in [1.29, 1.82) is 0 Å². The summed E-state index contributed by atoms with van der Waals surface area (Å²) in [5.74, 6) is -0.554. The highest BCUT2D eigenvalue weighted by molar-refractivity contribution is 6.31. The van der Waals surface area contributed by atoms with E-state index in [0.717, 1.165) is 43.6 Å². The second kappa shape index (κ2) is 12.5. The predicted octanol–water partition coefficient (Wildman–Crippen LogP) is 6.35. The molecule has 1 fully saturated rings. The van der Waals surface area contributed by atoms with Crippen molar-refractivity contribution in [3.63, 3.8) is 0 Å². The third-order valence-corrected chi connectivity index (χ3v) is 8.01. The van der Waals surface area contributed by atoms with Crippen molar-refractivity contribution in [2.24, 2.45) is 5.92 Å². The number of fused-ring (bicyclic) bond motifs is 1. The van der Waals surface area contributed by atoms with Crippen LogP contribution in [0.4, 0.5) is 10.1 Å². The lowest BCUT2D eigenvalue weighted by atomic mass is 10.1. The first-order valence-corrected chi connectivity index (χ1v) is 14.2. The van der Waals surface area contributed by atoms with Gasteiger partial charge in [-0.05, 0) is 54.7 Å². The van der Waals surface area contributed by atoms with E-state index in [0.29, 0.717) is 24.7 Å². The van der Waals surface area contributed by atoms with Crippen LogP contribution < -0.4 is 4.90 Å². The van der Waals surface area contributed by atoms with E-state index in [2.05, 4.69) is 17.0 Å². The Balaban J connectivity index is 1.47. The molecule has 0 spiro atoms. The Labute approximate surface area is 239 Å². The average molecular weight is 569 g/mol. The molecule has 1 saturated carbocycles. The zero-order valence-corrected chi connectivity index (χ0v) is 23.3. The van der Waals surface area contributed by atoms with Crippen LogP contribution in [-0.4, -0.2) is 47.8 Å². The van der Waals surface area contributed by atoms with Crippen molar-refractivity contribution in [1.82, 2.24) is 9.80 Å². The highest BCUT2D eigenvalue weighted by atomic mass is 35.5. The summed E-state index contributed by atoms with van der Waals surface area (Å²) in [5.41, 5.74) is 2.97. The van der Waals surface area contributed by atoms with Crippen molar-refractivity contribution in [3.8, 4) is 0 Å². The fourth-order valence-corrected chi connectivity index (χ4v) is 5.51. The first kappa shape index (κ1) is 27.6. The molecule has 0 saturated heterocycles. The Morgan fingerprint density at radius 2 is 1.69 bits per heavy atom. The van der Waals surface area contributed by atoms with Gasteiger partial charge in [0.15, 0.2) is 0 Å². The minimum Gasteiger partial charge on any atom is -0.337 e. The summed E-state index contributed by atoms with van der Waals surface area (Å²) in [4.78, 5) is 33.0. The van der Waals surface area contributed by atoms with Gasteiger partial charge in [-0.25, -0.2) is 4.39 Å². The number of hydrogen-bond acceptors (Lipinski definition) is 3. The van der Waals surface area contributed by atoms with Crippen molar-refractivity contribution < 1.29 is 14.0 Å². The van der Waals surface area contributed by atoms with Crippen LogP contribution in [0.25, 0.3) is 0 Å². The summed E-state index contributed by atoms with van der Waals surface area (Å²) < 4.78 is 14.6.